The minimum atomic E-state index is -0.651. The molecule has 0 saturated heterocycles. The minimum Gasteiger partial charge on any atom is -0.481 e. The first-order chi connectivity index (χ1) is 6.21. The lowest BCUT2D eigenvalue weighted by Crippen LogP contribution is -2.33. The molecule has 0 bridgehead atoms. The van der Waals surface area contributed by atoms with Crippen molar-refractivity contribution in [2.24, 2.45) is 5.41 Å². The van der Waals surface area contributed by atoms with Gasteiger partial charge in [-0.25, -0.2) is 0 Å². The predicted molar refractivity (Wildman–Crippen MR) is 51.2 cm³/mol. The standard InChI is InChI=1S/C11H16O2/c1-2-3-7-11(10(12)13)8-5-4-6-9-11/h1H,3-9H2,(H,12,13). The first kappa shape index (κ1) is 10.1. The molecule has 0 heterocycles. The Labute approximate surface area is 79.3 Å². The van der Waals surface area contributed by atoms with E-state index in [1.807, 2.05) is 0 Å². The summed E-state index contributed by atoms with van der Waals surface area (Å²) in [6.07, 6.45) is 11.3. The summed E-state index contributed by atoms with van der Waals surface area (Å²) in [5.41, 5.74) is -0.495. The van der Waals surface area contributed by atoms with Crippen molar-refractivity contribution in [3.63, 3.8) is 0 Å². The molecule has 13 heavy (non-hydrogen) atoms. The molecule has 1 N–H and O–H groups in total. The fraction of sp³-hybridized carbons (Fsp3) is 0.727. The van der Waals surface area contributed by atoms with Crippen LogP contribution in [0, 0.1) is 17.8 Å². The van der Waals surface area contributed by atoms with Gasteiger partial charge in [-0.15, -0.1) is 12.3 Å². The van der Waals surface area contributed by atoms with Gasteiger partial charge >= 0.3 is 5.97 Å². The monoisotopic (exact) mass is 180 g/mol. The van der Waals surface area contributed by atoms with Crippen LogP contribution < -0.4 is 0 Å². The van der Waals surface area contributed by atoms with Crippen LogP contribution in [0.25, 0.3) is 0 Å². The van der Waals surface area contributed by atoms with Gasteiger partial charge in [0.1, 0.15) is 0 Å². The van der Waals surface area contributed by atoms with E-state index in [-0.39, 0.29) is 0 Å². The molecule has 0 spiro atoms. The second-order valence-electron chi connectivity index (χ2n) is 3.85. The topological polar surface area (TPSA) is 37.3 Å². The lowest BCUT2D eigenvalue weighted by molar-refractivity contribution is -0.151. The SMILES string of the molecule is C#CCCC1(C(=O)O)CCCCC1. The summed E-state index contributed by atoms with van der Waals surface area (Å²) in [7, 11) is 0. The molecule has 0 radical (unpaired) electrons. The Balaban J connectivity index is 2.62. The number of rotatable bonds is 3. The fourth-order valence-electron chi connectivity index (χ4n) is 2.11. The van der Waals surface area contributed by atoms with Crippen LogP contribution in [0.3, 0.4) is 0 Å². The molecule has 72 valence electrons. The largest absolute Gasteiger partial charge is 0.481 e. The second-order valence-corrected chi connectivity index (χ2v) is 3.85. The molecular formula is C11H16O2. The van der Waals surface area contributed by atoms with E-state index in [4.69, 9.17) is 11.5 Å². The van der Waals surface area contributed by atoms with E-state index in [9.17, 15) is 4.79 Å². The number of carboxylic acid groups (broad SMARTS) is 1. The van der Waals surface area contributed by atoms with Gasteiger partial charge in [-0.05, 0) is 19.3 Å². The first-order valence-electron chi connectivity index (χ1n) is 4.88. The van der Waals surface area contributed by atoms with Crippen molar-refractivity contribution < 1.29 is 9.90 Å². The summed E-state index contributed by atoms with van der Waals surface area (Å²) in [6, 6.07) is 0. The van der Waals surface area contributed by atoms with Crippen LogP contribution in [-0.2, 0) is 4.79 Å². The molecular weight excluding hydrogens is 164 g/mol. The Bertz CT molecular complexity index is 219. The van der Waals surface area contributed by atoms with Crippen LogP contribution >= 0.6 is 0 Å². The zero-order valence-corrected chi connectivity index (χ0v) is 7.88. The summed E-state index contributed by atoms with van der Waals surface area (Å²) in [5.74, 6) is 1.88. The van der Waals surface area contributed by atoms with Crippen LogP contribution in [0.15, 0.2) is 0 Å². The number of carbonyl (C=O) groups is 1. The molecule has 2 nitrogen and oxygen atoms in total. The zero-order valence-electron chi connectivity index (χ0n) is 7.88. The first-order valence-corrected chi connectivity index (χ1v) is 4.88. The highest BCUT2D eigenvalue weighted by Crippen LogP contribution is 2.40. The van der Waals surface area contributed by atoms with Crippen LogP contribution in [-0.4, -0.2) is 11.1 Å². The quantitative estimate of drug-likeness (QED) is 0.677. The summed E-state index contributed by atoms with van der Waals surface area (Å²) >= 11 is 0. The van der Waals surface area contributed by atoms with E-state index >= 15 is 0 Å². The third-order valence-electron chi connectivity index (χ3n) is 3.01. The highest BCUT2D eigenvalue weighted by Gasteiger charge is 2.38. The van der Waals surface area contributed by atoms with Gasteiger partial charge in [-0.3, -0.25) is 4.79 Å². The normalized spacial score (nSPS) is 20.5. The summed E-state index contributed by atoms with van der Waals surface area (Å²) in [6.45, 7) is 0. The van der Waals surface area contributed by atoms with Gasteiger partial charge in [0.25, 0.3) is 0 Å². The van der Waals surface area contributed by atoms with Gasteiger partial charge in [0.05, 0.1) is 5.41 Å². The van der Waals surface area contributed by atoms with Gasteiger partial charge in [-0.2, -0.15) is 0 Å². The molecule has 0 unspecified atom stereocenters. The number of aliphatic carboxylic acids is 1. The van der Waals surface area contributed by atoms with Gasteiger partial charge < -0.3 is 5.11 Å². The third kappa shape index (κ3) is 2.24. The predicted octanol–water partition coefficient (Wildman–Crippen LogP) is 2.43. The lowest BCUT2D eigenvalue weighted by atomic mass is 9.71. The number of hydrogen-bond acceptors (Lipinski definition) is 1. The van der Waals surface area contributed by atoms with E-state index in [1.165, 1.54) is 6.42 Å². The van der Waals surface area contributed by atoms with E-state index in [1.54, 1.807) is 0 Å². The molecule has 0 aromatic rings. The lowest BCUT2D eigenvalue weighted by Gasteiger charge is -2.32. The zero-order chi connectivity index (χ0) is 9.73. The van der Waals surface area contributed by atoms with Crippen LogP contribution in [0.1, 0.15) is 44.9 Å². The average Bonchev–Trinajstić information content (AvgIpc) is 2.16. The van der Waals surface area contributed by atoms with Crippen molar-refractivity contribution in [2.45, 2.75) is 44.9 Å². The Morgan fingerprint density at radius 3 is 2.46 bits per heavy atom. The van der Waals surface area contributed by atoms with Crippen molar-refractivity contribution >= 4 is 5.97 Å². The molecule has 1 aliphatic carbocycles. The van der Waals surface area contributed by atoms with Crippen molar-refractivity contribution in [3.05, 3.63) is 0 Å². The highest BCUT2D eigenvalue weighted by atomic mass is 16.4. The molecule has 1 saturated carbocycles. The van der Waals surface area contributed by atoms with Crippen molar-refractivity contribution in [2.75, 3.05) is 0 Å². The fourth-order valence-corrected chi connectivity index (χ4v) is 2.11. The Morgan fingerprint density at radius 2 is 2.00 bits per heavy atom. The van der Waals surface area contributed by atoms with Gasteiger partial charge in [0.15, 0.2) is 0 Å². The minimum absolute atomic E-state index is 0.495. The van der Waals surface area contributed by atoms with E-state index in [0.29, 0.717) is 12.8 Å². The van der Waals surface area contributed by atoms with Crippen molar-refractivity contribution in [1.82, 2.24) is 0 Å². The molecule has 0 aliphatic heterocycles. The molecule has 0 amide bonds. The Hall–Kier alpha value is -0.970. The number of terminal acetylenes is 1. The molecule has 1 aliphatic rings. The summed E-state index contributed by atoms with van der Waals surface area (Å²) < 4.78 is 0. The Kier molecular flexibility index (Phi) is 3.36. The number of carboxylic acids is 1. The Morgan fingerprint density at radius 1 is 1.38 bits per heavy atom. The maximum Gasteiger partial charge on any atom is 0.309 e. The average molecular weight is 180 g/mol. The third-order valence-corrected chi connectivity index (χ3v) is 3.01. The van der Waals surface area contributed by atoms with Crippen molar-refractivity contribution in [3.8, 4) is 12.3 Å². The molecule has 0 aromatic heterocycles. The van der Waals surface area contributed by atoms with Crippen LogP contribution in [0.4, 0.5) is 0 Å². The number of hydrogen-bond donors (Lipinski definition) is 1. The summed E-state index contributed by atoms with van der Waals surface area (Å²) in [4.78, 5) is 11.1. The van der Waals surface area contributed by atoms with Crippen LogP contribution in [0.2, 0.25) is 0 Å². The second kappa shape index (κ2) is 4.32. The maximum atomic E-state index is 11.1. The van der Waals surface area contributed by atoms with Gasteiger partial charge in [0.2, 0.25) is 0 Å². The summed E-state index contributed by atoms with van der Waals surface area (Å²) in [5, 5.41) is 9.15. The molecule has 2 heteroatoms. The van der Waals surface area contributed by atoms with Crippen molar-refractivity contribution in [1.29, 1.82) is 0 Å². The molecule has 1 rings (SSSR count). The van der Waals surface area contributed by atoms with E-state index < -0.39 is 11.4 Å². The van der Waals surface area contributed by atoms with Crippen LogP contribution in [0.5, 0.6) is 0 Å². The highest BCUT2D eigenvalue weighted by molar-refractivity contribution is 5.74. The molecule has 0 aromatic carbocycles. The van der Waals surface area contributed by atoms with Gasteiger partial charge in [-0.1, -0.05) is 19.3 Å². The van der Waals surface area contributed by atoms with Gasteiger partial charge in [0, 0.05) is 6.42 Å². The molecule has 1 fully saturated rings. The van der Waals surface area contributed by atoms with E-state index in [0.717, 1.165) is 25.7 Å². The maximum absolute atomic E-state index is 11.1. The van der Waals surface area contributed by atoms with E-state index in [2.05, 4.69) is 5.92 Å². The molecule has 0 atom stereocenters. The smallest absolute Gasteiger partial charge is 0.309 e.